The summed E-state index contributed by atoms with van der Waals surface area (Å²) in [5.41, 5.74) is 1.48. The van der Waals surface area contributed by atoms with E-state index in [2.05, 4.69) is 59.4 Å². The number of nitrogens with one attached hydrogen (secondary N) is 1. The van der Waals surface area contributed by atoms with Crippen LogP contribution < -0.4 is 5.32 Å². The lowest BCUT2D eigenvalue weighted by atomic mass is 9.73. The van der Waals surface area contributed by atoms with E-state index in [-0.39, 0.29) is 0 Å². The second-order valence-electron chi connectivity index (χ2n) is 5.55. The summed E-state index contributed by atoms with van der Waals surface area (Å²) in [6.45, 7) is 7.04. The smallest absolute Gasteiger partial charge is 0.0210 e. The maximum atomic E-state index is 3.72. The van der Waals surface area contributed by atoms with Gasteiger partial charge in [0.25, 0.3) is 0 Å². The Balaban J connectivity index is 2.20. The Bertz CT molecular complexity index is 377. The molecule has 1 heterocycles. The first-order chi connectivity index (χ1) is 8.74. The summed E-state index contributed by atoms with van der Waals surface area (Å²) >= 11 is 3.72. The fourth-order valence-corrected chi connectivity index (χ4v) is 3.92. The van der Waals surface area contributed by atoms with Crippen LogP contribution in [0.2, 0.25) is 0 Å². The number of hydrogen-bond acceptors (Lipinski definition) is 1. The predicted octanol–water partition coefficient (Wildman–Crippen LogP) is 4.58. The lowest BCUT2D eigenvalue weighted by Crippen LogP contribution is -2.38. The minimum absolute atomic E-state index is 0.663. The Hall–Kier alpha value is -0.340. The molecule has 1 aromatic rings. The van der Waals surface area contributed by atoms with E-state index in [9.17, 15) is 0 Å². The van der Waals surface area contributed by atoms with E-state index in [1.807, 2.05) is 0 Å². The van der Waals surface area contributed by atoms with Crippen molar-refractivity contribution < 1.29 is 0 Å². The van der Waals surface area contributed by atoms with E-state index < -0.39 is 0 Å². The zero-order valence-electron chi connectivity index (χ0n) is 11.5. The zero-order valence-corrected chi connectivity index (χ0v) is 13.0. The highest BCUT2D eigenvalue weighted by Gasteiger charge is 2.30. The minimum Gasteiger partial charge on any atom is -0.316 e. The Labute approximate surface area is 119 Å². The number of hydrogen-bond donors (Lipinski definition) is 1. The summed E-state index contributed by atoms with van der Waals surface area (Å²) in [6, 6.07) is 8.73. The van der Waals surface area contributed by atoms with E-state index in [1.54, 1.807) is 0 Å². The fourth-order valence-electron chi connectivity index (χ4n) is 3.35. The van der Waals surface area contributed by atoms with Crippen molar-refractivity contribution in [1.82, 2.24) is 5.32 Å². The van der Waals surface area contributed by atoms with Crippen molar-refractivity contribution in [2.75, 3.05) is 13.1 Å². The highest BCUT2D eigenvalue weighted by molar-refractivity contribution is 9.10. The monoisotopic (exact) mass is 309 g/mol. The maximum Gasteiger partial charge on any atom is 0.0210 e. The molecule has 0 aliphatic carbocycles. The zero-order chi connectivity index (χ0) is 13.0. The molecule has 18 heavy (non-hydrogen) atoms. The molecule has 0 amide bonds. The van der Waals surface area contributed by atoms with Crippen molar-refractivity contribution in [2.45, 2.75) is 39.0 Å². The molecular weight excluding hydrogens is 286 g/mol. The van der Waals surface area contributed by atoms with Crippen LogP contribution in [-0.2, 0) is 0 Å². The number of rotatable bonds is 4. The van der Waals surface area contributed by atoms with Crippen molar-refractivity contribution in [2.24, 2.45) is 11.8 Å². The Morgan fingerprint density at radius 2 is 2.17 bits per heavy atom. The summed E-state index contributed by atoms with van der Waals surface area (Å²) in [5.74, 6) is 2.31. The third-order valence-corrected chi connectivity index (χ3v) is 5.04. The molecule has 1 saturated heterocycles. The van der Waals surface area contributed by atoms with Gasteiger partial charge in [0.1, 0.15) is 0 Å². The largest absolute Gasteiger partial charge is 0.316 e. The van der Waals surface area contributed by atoms with Crippen molar-refractivity contribution in [3.8, 4) is 0 Å². The quantitative estimate of drug-likeness (QED) is 0.858. The number of benzene rings is 1. The molecule has 0 saturated carbocycles. The molecule has 3 unspecified atom stereocenters. The van der Waals surface area contributed by atoms with Gasteiger partial charge in [-0.3, -0.25) is 0 Å². The van der Waals surface area contributed by atoms with Gasteiger partial charge in [-0.1, -0.05) is 60.8 Å². The molecule has 1 aliphatic rings. The third kappa shape index (κ3) is 3.16. The van der Waals surface area contributed by atoms with Gasteiger partial charge in [-0.15, -0.1) is 0 Å². The van der Waals surface area contributed by atoms with Crippen molar-refractivity contribution >= 4 is 15.9 Å². The fraction of sp³-hybridized carbons (Fsp3) is 0.625. The van der Waals surface area contributed by atoms with Crippen LogP contribution >= 0.6 is 15.9 Å². The van der Waals surface area contributed by atoms with Crippen molar-refractivity contribution in [1.29, 1.82) is 0 Å². The molecule has 1 nitrogen and oxygen atoms in total. The molecule has 2 heteroatoms. The average molecular weight is 310 g/mol. The molecule has 1 fully saturated rings. The highest BCUT2D eigenvalue weighted by atomic mass is 79.9. The van der Waals surface area contributed by atoms with Crippen LogP contribution in [0.1, 0.15) is 44.6 Å². The van der Waals surface area contributed by atoms with E-state index in [0.29, 0.717) is 5.92 Å². The Kier molecular flexibility index (Phi) is 5.25. The van der Waals surface area contributed by atoms with Gasteiger partial charge in [0, 0.05) is 16.9 Å². The van der Waals surface area contributed by atoms with Crippen molar-refractivity contribution in [3.63, 3.8) is 0 Å². The first-order valence-electron chi connectivity index (χ1n) is 7.19. The van der Waals surface area contributed by atoms with Crippen LogP contribution in [0, 0.1) is 11.8 Å². The van der Waals surface area contributed by atoms with Gasteiger partial charge in [0.2, 0.25) is 0 Å². The molecular formula is C16H24BrN. The van der Waals surface area contributed by atoms with Gasteiger partial charge < -0.3 is 5.32 Å². The van der Waals surface area contributed by atoms with Gasteiger partial charge in [-0.05, 0) is 36.4 Å². The summed E-state index contributed by atoms with van der Waals surface area (Å²) in [6.07, 6.45) is 3.96. The average Bonchev–Trinajstić information content (AvgIpc) is 2.40. The summed E-state index contributed by atoms with van der Waals surface area (Å²) in [5, 5.41) is 3.57. The van der Waals surface area contributed by atoms with Crippen molar-refractivity contribution in [3.05, 3.63) is 34.3 Å². The molecule has 0 spiro atoms. The highest BCUT2D eigenvalue weighted by Crippen LogP contribution is 2.39. The van der Waals surface area contributed by atoms with Crippen LogP contribution in [-0.4, -0.2) is 13.1 Å². The topological polar surface area (TPSA) is 12.0 Å². The van der Waals surface area contributed by atoms with Crippen LogP contribution in [0.3, 0.4) is 0 Å². The van der Waals surface area contributed by atoms with Gasteiger partial charge in [-0.25, -0.2) is 0 Å². The minimum atomic E-state index is 0.663. The van der Waals surface area contributed by atoms with Crippen LogP contribution in [0.5, 0.6) is 0 Å². The summed E-state index contributed by atoms with van der Waals surface area (Å²) < 4.78 is 1.27. The van der Waals surface area contributed by atoms with Gasteiger partial charge in [0.05, 0.1) is 0 Å². The lowest BCUT2D eigenvalue weighted by molar-refractivity contribution is 0.227. The predicted molar refractivity (Wildman–Crippen MR) is 81.9 cm³/mol. The summed E-state index contributed by atoms with van der Waals surface area (Å²) in [4.78, 5) is 0. The molecule has 0 aromatic heterocycles. The van der Waals surface area contributed by atoms with Crippen LogP contribution in [0.25, 0.3) is 0 Å². The molecule has 0 radical (unpaired) electrons. The molecule has 1 N–H and O–H groups in total. The lowest BCUT2D eigenvalue weighted by Gasteiger charge is -2.37. The van der Waals surface area contributed by atoms with E-state index in [1.165, 1.54) is 35.8 Å². The molecule has 100 valence electrons. The van der Waals surface area contributed by atoms with Gasteiger partial charge >= 0.3 is 0 Å². The summed E-state index contributed by atoms with van der Waals surface area (Å²) in [7, 11) is 0. The SMILES string of the molecule is CCCC(C)C1CCNCC1c1ccccc1Br. The normalized spacial score (nSPS) is 25.9. The first-order valence-corrected chi connectivity index (χ1v) is 7.98. The molecule has 3 atom stereocenters. The molecule has 1 aliphatic heterocycles. The standard InChI is InChI=1S/C16H24BrN/c1-3-6-12(2)13-9-10-18-11-15(13)14-7-4-5-8-16(14)17/h4-5,7-8,12-13,15,18H,3,6,9-11H2,1-2H3. The van der Waals surface area contributed by atoms with E-state index >= 15 is 0 Å². The van der Waals surface area contributed by atoms with E-state index in [0.717, 1.165) is 18.4 Å². The second kappa shape index (κ2) is 6.72. The Morgan fingerprint density at radius 3 is 2.89 bits per heavy atom. The first kappa shape index (κ1) is 14.1. The maximum absolute atomic E-state index is 3.72. The molecule has 2 rings (SSSR count). The molecule has 0 bridgehead atoms. The van der Waals surface area contributed by atoms with Gasteiger partial charge in [-0.2, -0.15) is 0 Å². The van der Waals surface area contributed by atoms with Crippen LogP contribution in [0.15, 0.2) is 28.7 Å². The molecule has 1 aromatic carbocycles. The second-order valence-corrected chi connectivity index (χ2v) is 6.40. The number of halogens is 1. The van der Waals surface area contributed by atoms with Gasteiger partial charge in [0.15, 0.2) is 0 Å². The number of piperidine rings is 1. The van der Waals surface area contributed by atoms with E-state index in [4.69, 9.17) is 0 Å². The third-order valence-electron chi connectivity index (χ3n) is 4.32. The Morgan fingerprint density at radius 1 is 1.39 bits per heavy atom. The van der Waals surface area contributed by atoms with Crippen LogP contribution in [0.4, 0.5) is 0 Å².